The first-order valence-corrected chi connectivity index (χ1v) is 7.80. The van der Waals surface area contributed by atoms with E-state index in [4.69, 9.17) is 5.11 Å². The number of rotatable bonds is 4. The molecule has 0 aromatic carbocycles. The minimum absolute atomic E-state index is 0.0734. The Hall–Kier alpha value is -1.20. The molecule has 4 fully saturated rings. The third kappa shape index (κ3) is 2.14. The van der Waals surface area contributed by atoms with Crippen LogP contribution in [0.25, 0.3) is 0 Å². The second kappa shape index (κ2) is 4.17. The number of carboxylic acid groups (broad SMARTS) is 1. The molecule has 2 N–H and O–H groups in total. The van der Waals surface area contributed by atoms with Crippen molar-refractivity contribution < 1.29 is 23.5 Å². The maximum Gasteiger partial charge on any atom is 0.306 e. The molecule has 7 atom stereocenters. The van der Waals surface area contributed by atoms with E-state index in [2.05, 4.69) is 5.32 Å². The Balaban J connectivity index is 1.26. The Labute approximate surface area is 121 Å². The van der Waals surface area contributed by atoms with Gasteiger partial charge in [0.05, 0.1) is 5.92 Å². The molecule has 0 saturated heterocycles. The zero-order valence-corrected chi connectivity index (χ0v) is 11.6. The van der Waals surface area contributed by atoms with Crippen molar-refractivity contribution in [1.29, 1.82) is 0 Å². The molecule has 1 amide bonds. The lowest BCUT2D eigenvalue weighted by Crippen LogP contribution is -2.34. The van der Waals surface area contributed by atoms with E-state index in [9.17, 15) is 18.4 Å². The normalized spacial score (nSPS) is 49.0. The van der Waals surface area contributed by atoms with Gasteiger partial charge >= 0.3 is 5.97 Å². The maximum absolute atomic E-state index is 13.3. The second-order valence-corrected chi connectivity index (χ2v) is 7.26. The van der Waals surface area contributed by atoms with Gasteiger partial charge in [-0.1, -0.05) is 0 Å². The van der Waals surface area contributed by atoms with Gasteiger partial charge in [-0.25, -0.2) is 8.78 Å². The summed E-state index contributed by atoms with van der Waals surface area (Å²) < 4.78 is 26.6. The molecule has 6 heteroatoms. The molecule has 0 aliphatic heterocycles. The fourth-order valence-corrected chi connectivity index (χ4v) is 4.35. The molecule has 4 rings (SSSR count). The lowest BCUT2D eigenvalue weighted by Gasteiger charge is -2.19. The molecule has 0 heterocycles. The summed E-state index contributed by atoms with van der Waals surface area (Å²) >= 11 is 0. The van der Waals surface area contributed by atoms with Crippen molar-refractivity contribution in [2.45, 2.75) is 44.1 Å². The summed E-state index contributed by atoms with van der Waals surface area (Å²) in [6.45, 7) is 0. The topological polar surface area (TPSA) is 66.4 Å². The first-order chi connectivity index (χ1) is 9.89. The van der Waals surface area contributed by atoms with Gasteiger partial charge in [0, 0.05) is 23.8 Å². The number of carbonyl (C=O) groups is 2. The quantitative estimate of drug-likeness (QED) is 0.833. The zero-order valence-electron chi connectivity index (χ0n) is 11.6. The summed E-state index contributed by atoms with van der Waals surface area (Å²) in [6.07, 6.45) is 2.87. The number of amides is 1. The Morgan fingerprint density at radius 2 is 1.81 bits per heavy atom. The molecular formula is C15H19F2NO3. The summed E-state index contributed by atoms with van der Waals surface area (Å²) in [7, 11) is 0. The van der Waals surface area contributed by atoms with Gasteiger partial charge in [0.2, 0.25) is 5.91 Å². The van der Waals surface area contributed by atoms with Crippen molar-refractivity contribution >= 4 is 11.9 Å². The number of fused-ring (bicyclic) bond motifs is 1. The van der Waals surface area contributed by atoms with E-state index in [1.54, 1.807) is 0 Å². The fourth-order valence-electron chi connectivity index (χ4n) is 4.35. The van der Waals surface area contributed by atoms with Crippen LogP contribution in [0.3, 0.4) is 0 Å². The van der Waals surface area contributed by atoms with Gasteiger partial charge in [0.1, 0.15) is 0 Å². The van der Waals surface area contributed by atoms with Gasteiger partial charge in [0.25, 0.3) is 5.92 Å². The largest absolute Gasteiger partial charge is 0.481 e. The highest BCUT2D eigenvalue weighted by molar-refractivity contribution is 5.80. The third-order valence-electron chi connectivity index (χ3n) is 5.98. The molecule has 4 aliphatic carbocycles. The van der Waals surface area contributed by atoms with Crippen LogP contribution in [-0.4, -0.2) is 28.9 Å². The molecule has 4 aliphatic rings. The molecule has 4 saturated carbocycles. The van der Waals surface area contributed by atoms with Crippen LogP contribution < -0.4 is 5.32 Å². The molecule has 0 spiro atoms. The van der Waals surface area contributed by atoms with Gasteiger partial charge < -0.3 is 10.4 Å². The monoisotopic (exact) mass is 299 g/mol. The molecular weight excluding hydrogens is 280 g/mol. The zero-order chi connectivity index (χ0) is 14.9. The predicted octanol–water partition coefficient (Wildman–Crippen LogP) is 1.89. The van der Waals surface area contributed by atoms with Crippen molar-refractivity contribution in [3.63, 3.8) is 0 Å². The van der Waals surface area contributed by atoms with E-state index in [1.807, 2.05) is 0 Å². The molecule has 0 aromatic rings. The Bertz CT molecular complexity index is 509. The predicted molar refractivity (Wildman–Crippen MR) is 68.5 cm³/mol. The SMILES string of the molecule is O=C(N[C@H]1C[C@H]1[C@H]1C[C@H]1C(=O)O)[C@@H]1CC[C@H]2[C@@H](C1)C2(F)F. The molecule has 0 unspecified atom stereocenters. The summed E-state index contributed by atoms with van der Waals surface area (Å²) in [6, 6.07) is 0.0734. The van der Waals surface area contributed by atoms with E-state index in [0.717, 1.165) is 6.42 Å². The van der Waals surface area contributed by atoms with E-state index in [-0.39, 0.29) is 35.6 Å². The number of halogens is 2. The molecule has 4 nitrogen and oxygen atoms in total. The minimum atomic E-state index is -2.54. The average molecular weight is 299 g/mol. The van der Waals surface area contributed by atoms with Crippen molar-refractivity contribution in [3.05, 3.63) is 0 Å². The lowest BCUT2D eigenvalue weighted by molar-refractivity contribution is -0.138. The number of aliphatic carboxylic acids is 1. The summed E-state index contributed by atoms with van der Waals surface area (Å²) in [5.74, 6) is -4.49. The van der Waals surface area contributed by atoms with E-state index in [1.165, 1.54) is 0 Å². The Morgan fingerprint density at radius 3 is 2.43 bits per heavy atom. The van der Waals surface area contributed by atoms with Crippen molar-refractivity contribution in [2.24, 2.45) is 35.5 Å². The average Bonchev–Trinajstić information content (AvgIpc) is 3.29. The number of hydrogen-bond acceptors (Lipinski definition) is 2. The maximum atomic E-state index is 13.3. The smallest absolute Gasteiger partial charge is 0.306 e. The van der Waals surface area contributed by atoms with Crippen molar-refractivity contribution in [3.8, 4) is 0 Å². The highest BCUT2D eigenvalue weighted by Gasteiger charge is 2.69. The summed E-state index contributed by atoms with van der Waals surface area (Å²) in [4.78, 5) is 23.0. The van der Waals surface area contributed by atoms with Gasteiger partial charge in [-0.3, -0.25) is 9.59 Å². The number of alkyl halides is 2. The number of hydrogen-bond donors (Lipinski definition) is 2. The van der Waals surface area contributed by atoms with Crippen LogP contribution in [-0.2, 0) is 9.59 Å². The number of carbonyl (C=O) groups excluding carboxylic acids is 1. The van der Waals surface area contributed by atoms with Crippen LogP contribution in [0, 0.1) is 35.5 Å². The van der Waals surface area contributed by atoms with Crippen LogP contribution >= 0.6 is 0 Å². The van der Waals surface area contributed by atoms with Gasteiger partial charge in [-0.05, 0) is 43.9 Å². The second-order valence-electron chi connectivity index (χ2n) is 7.26. The first-order valence-electron chi connectivity index (χ1n) is 7.80. The summed E-state index contributed by atoms with van der Waals surface area (Å²) in [5, 5.41) is 11.8. The highest BCUT2D eigenvalue weighted by Crippen LogP contribution is 2.63. The van der Waals surface area contributed by atoms with Crippen LogP contribution in [0.15, 0.2) is 0 Å². The summed E-state index contributed by atoms with van der Waals surface area (Å²) in [5.41, 5.74) is 0. The highest BCUT2D eigenvalue weighted by atomic mass is 19.3. The third-order valence-corrected chi connectivity index (χ3v) is 5.98. The van der Waals surface area contributed by atoms with Crippen LogP contribution in [0.2, 0.25) is 0 Å². The van der Waals surface area contributed by atoms with Crippen LogP contribution in [0.5, 0.6) is 0 Å². The van der Waals surface area contributed by atoms with Gasteiger partial charge in [-0.2, -0.15) is 0 Å². The number of nitrogens with one attached hydrogen (secondary N) is 1. The molecule has 0 radical (unpaired) electrons. The minimum Gasteiger partial charge on any atom is -0.481 e. The fraction of sp³-hybridized carbons (Fsp3) is 0.867. The lowest BCUT2D eigenvalue weighted by atomic mass is 9.88. The molecule has 116 valence electrons. The Kier molecular flexibility index (Phi) is 2.67. The van der Waals surface area contributed by atoms with Crippen LogP contribution in [0.1, 0.15) is 32.1 Å². The molecule has 0 bridgehead atoms. The first kappa shape index (κ1) is 13.5. The van der Waals surface area contributed by atoms with Gasteiger partial charge in [-0.15, -0.1) is 0 Å². The van der Waals surface area contributed by atoms with Gasteiger partial charge in [0.15, 0.2) is 0 Å². The van der Waals surface area contributed by atoms with E-state index in [0.29, 0.717) is 25.7 Å². The Morgan fingerprint density at radius 1 is 1.05 bits per heavy atom. The number of carboxylic acids is 1. The molecule has 21 heavy (non-hydrogen) atoms. The molecule has 0 aromatic heterocycles. The van der Waals surface area contributed by atoms with E-state index < -0.39 is 23.7 Å². The van der Waals surface area contributed by atoms with E-state index >= 15 is 0 Å². The standard InChI is InChI=1S/C15H19F2NO3/c16-15(17)10-2-1-6(3-11(10)15)13(19)18-12-5-8(12)7-4-9(7)14(20)21/h6-12H,1-5H2,(H,18,19)(H,20,21)/t6-,7-,8+,9-,10+,11-,12+/m1/s1. The van der Waals surface area contributed by atoms with Crippen molar-refractivity contribution in [2.75, 3.05) is 0 Å². The van der Waals surface area contributed by atoms with Crippen LogP contribution in [0.4, 0.5) is 8.78 Å². The van der Waals surface area contributed by atoms with Crippen molar-refractivity contribution in [1.82, 2.24) is 5.32 Å².